The maximum atomic E-state index is 12.4. The number of rotatable bonds is 3. The lowest BCUT2D eigenvalue weighted by Crippen LogP contribution is -2.47. The lowest BCUT2D eigenvalue weighted by Gasteiger charge is -2.31. The summed E-state index contributed by atoms with van der Waals surface area (Å²) in [6, 6.07) is 0. The molecule has 0 bridgehead atoms. The maximum absolute atomic E-state index is 12.4. The van der Waals surface area contributed by atoms with Gasteiger partial charge in [0.25, 0.3) is 5.91 Å². The Morgan fingerprint density at radius 2 is 1.40 bits per heavy atom. The largest absolute Gasteiger partial charge is 0.392 e. The van der Waals surface area contributed by atoms with Gasteiger partial charge in [-0.15, -0.1) is 0 Å². The summed E-state index contributed by atoms with van der Waals surface area (Å²) in [5.41, 5.74) is 0. The lowest BCUT2D eigenvalue weighted by molar-refractivity contribution is -0.130. The summed E-state index contributed by atoms with van der Waals surface area (Å²) in [5, 5.41) is 8.49. The molecule has 25 heavy (non-hydrogen) atoms. The molecule has 2 fully saturated rings. The monoisotopic (exact) mass is 356 g/mol. The van der Waals surface area contributed by atoms with Crippen LogP contribution in [-0.4, -0.2) is 110 Å². The van der Waals surface area contributed by atoms with Gasteiger partial charge >= 0.3 is 0 Å². The number of aliphatic hydroxyl groups is 1. The highest BCUT2D eigenvalue weighted by molar-refractivity contribution is 5.90. The Morgan fingerprint density at radius 3 is 1.80 bits per heavy atom. The number of piperazine rings is 2. The SMILES string of the molecule is C=C(F)C(=O)N1CCN(C)CC1.CN1CCN(C(=O)/C=C/CO)CC1. The Morgan fingerprint density at radius 1 is 0.960 bits per heavy atom. The van der Waals surface area contributed by atoms with Crippen LogP contribution in [0.15, 0.2) is 24.6 Å². The first-order valence-electron chi connectivity index (χ1n) is 8.42. The van der Waals surface area contributed by atoms with Gasteiger partial charge in [0.05, 0.1) is 6.61 Å². The standard InChI is InChI=1S/C9H16N2O2.C8H13FN2O/c1-10-4-6-11(7-5-10)9(13)3-2-8-12;1-7(9)8(12)11-5-3-10(2)4-6-11/h2-3,12H,4-8H2,1H3;1,3-6H2,2H3/b3-2+;. The van der Waals surface area contributed by atoms with Crippen molar-refractivity contribution in [2.45, 2.75) is 0 Å². The summed E-state index contributed by atoms with van der Waals surface area (Å²) in [7, 11) is 4.03. The smallest absolute Gasteiger partial charge is 0.282 e. The Hall–Kier alpha value is -1.77. The minimum absolute atomic E-state index is 0.00199. The molecule has 2 heterocycles. The summed E-state index contributed by atoms with van der Waals surface area (Å²) < 4.78 is 12.4. The van der Waals surface area contributed by atoms with Gasteiger partial charge < -0.3 is 24.7 Å². The molecule has 0 unspecified atom stereocenters. The summed E-state index contributed by atoms with van der Waals surface area (Å²) in [6.07, 6.45) is 2.91. The van der Waals surface area contributed by atoms with Crippen LogP contribution >= 0.6 is 0 Å². The first kappa shape index (κ1) is 21.3. The van der Waals surface area contributed by atoms with E-state index >= 15 is 0 Å². The Balaban J connectivity index is 0.000000251. The van der Waals surface area contributed by atoms with Crippen LogP contribution in [-0.2, 0) is 9.59 Å². The number of carbonyl (C=O) groups excluding carboxylic acids is 2. The molecule has 2 rings (SSSR count). The van der Waals surface area contributed by atoms with Gasteiger partial charge in [-0.05, 0) is 14.1 Å². The summed E-state index contributed by atoms with van der Waals surface area (Å²) in [4.78, 5) is 30.0. The predicted octanol–water partition coefficient (Wildman–Crippen LogP) is -0.447. The maximum Gasteiger partial charge on any atom is 0.282 e. The van der Waals surface area contributed by atoms with Crippen molar-refractivity contribution in [1.29, 1.82) is 0 Å². The molecule has 0 radical (unpaired) electrons. The van der Waals surface area contributed by atoms with Crippen LogP contribution in [0.5, 0.6) is 0 Å². The second-order valence-corrected chi connectivity index (χ2v) is 6.21. The van der Waals surface area contributed by atoms with Crippen LogP contribution in [0.1, 0.15) is 0 Å². The molecule has 0 aromatic rings. The fourth-order valence-electron chi connectivity index (χ4n) is 2.47. The molecule has 2 aliphatic heterocycles. The average molecular weight is 356 g/mol. The summed E-state index contributed by atoms with van der Waals surface area (Å²) in [5.74, 6) is -1.43. The van der Waals surface area contributed by atoms with Crippen molar-refractivity contribution >= 4 is 11.8 Å². The zero-order valence-electron chi connectivity index (χ0n) is 15.2. The van der Waals surface area contributed by atoms with Gasteiger partial charge in [-0.1, -0.05) is 12.7 Å². The molecule has 0 aromatic carbocycles. The minimum Gasteiger partial charge on any atom is -0.392 e. The normalized spacial score (nSPS) is 19.5. The highest BCUT2D eigenvalue weighted by Gasteiger charge is 2.20. The number of halogens is 1. The van der Waals surface area contributed by atoms with Gasteiger partial charge in [0.1, 0.15) is 0 Å². The third kappa shape index (κ3) is 7.76. The fourth-order valence-corrected chi connectivity index (χ4v) is 2.47. The van der Waals surface area contributed by atoms with Crippen LogP contribution in [0.2, 0.25) is 0 Å². The van der Waals surface area contributed by atoms with Crippen molar-refractivity contribution in [2.75, 3.05) is 73.1 Å². The van der Waals surface area contributed by atoms with Crippen LogP contribution in [0.25, 0.3) is 0 Å². The van der Waals surface area contributed by atoms with Gasteiger partial charge in [0.15, 0.2) is 5.83 Å². The van der Waals surface area contributed by atoms with E-state index in [1.165, 1.54) is 17.1 Å². The van der Waals surface area contributed by atoms with Crippen molar-refractivity contribution in [1.82, 2.24) is 19.6 Å². The second kappa shape index (κ2) is 11.0. The number of amides is 2. The molecular weight excluding hydrogens is 327 g/mol. The topological polar surface area (TPSA) is 67.3 Å². The zero-order chi connectivity index (χ0) is 18.8. The van der Waals surface area contributed by atoms with E-state index in [0.29, 0.717) is 13.1 Å². The first-order valence-corrected chi connectivity index (χ1v) is 8.42. The molecule has 2 amide bonds. The van der Waals surface area contributed by atoms with Gasteiger partial charge in [-0.25, -0.2) is 4.39 Å². The number of likely N-dealkylation sites (N-methyl/N-ethyl adjacent to an activating group) is 2. The first-order chi connectivity index (χ1) is 11.8. The lowest BCUT2D eigenvalue weighted by atomic mass is 10.3. The molecule has 0 aliphatic carbocycles. The van der Waals surface area contributed by atoms with Crippen LogP contribution in [0, 0.1) is 0 Å². The van der Waals surface area contributed by atoms with E-state index in [1.54, 1.807) is 4.90 Å². The second-order valence-electron chi connectivity index (χ2n) is 6.21. The number of hydrogen-bond donors (Lipinski definition) is 1. The van der Waals surface area contributed by atoms with Crippen molar-refractivity contribution in [3.05, 3.63) is 24.6 Å². The quantitative estimate of drug-likeness (QED) is 0.694. The number of hydrogen-bond acceptors (Lipinski definition) is 5. The predicted molar refractivity (Wildman–Crippen MR) is 94.6 cm³/mol. The number of nitrogens with zero attached hydrogens (tertiary/aromatic N) is 4. The Labute approximate surface area is 149 Å². The van der Waals surface area contributed by atoms with E-state index in [1.807, 2.05) is 14.1 Å². The molecule has 0 atom stereocenters. The molecule has 0 spiro atoms. The van der Waals surface area contributed by atoms with Gasteiger partial charge in [0, 0.05) is 58.4 Å². The van der Waals surface area contributed by atoms with Crippen LogP contribution < -0.4 is 0 Å². The van der Waals surface area contributed by atoms with Crippen molar-refractivity contribution in [2.24, 2.45) is 0 Å². The molecule has 2 aliphatic rings. The Kier molecular flexibility index (Phi) is 9.33. The third-order valence-electron chi connectivity index (χ3n) is 4.20. The van der Waals surface area contributed by atoms with Crippen LogP contribution in [0.3, 0.4) is 0 Å². The average Bonchev–Trinajstić information content (AvgIpc) is 2.60. The zero-order valence-corrected chi connectivity index (χ0v) is 15.2. The molecule has 142 valence electrons. The fraction of sp³-hybridized carbons (Fsp3) is 0.647. The highest BCUT2D eigenvalue weighted by atomic mass is 19.1. The van der Waals surface area contributed by atoms with Gasteiger partial charge in [-0.3, -0.25) is 9.59 Å². The van der Waals surface area contributed by atoms with E-state index in [-0.39, 0.29) is 12.5 Å². The van der Waals surface area contributed by atoms with Crippen LogP contribution in [0.4, 0.5) is 4.39 Å². The third-order valence-corrected chi connectivity index (χ3v) is 4.20. The number of carbonyl (C=O) groups is 2. The van der Waals surface area contributed by atoms with Crippen molar-refractivity contribution in [3.63, 3.8) is 0 Å². The van der Waals surface area contributed by atoms with Crippen molar-refractivity contribution < 1.29 is 19.1 Å². The van der Waals surface area contributed by atoms with Gasteiger partial charge in [-0.2, -0.15) is 0 Å². The molecule has 0 aromatic heterocycles. The molecule has 1 N–H and O–H groups in total. The minimum atomic E-state index is -0.862. The van der Waals surface area contributed by atoms with Gasteiger partial charge in [0.2, 0.25) is 5.91 Å². The van der Waals surface area contributed by atoms with E-state index in [2.05, 4.69) is 16.4 Å². The summed E-state index contributed by atoms with van der Waals surface area (Å²) >= 11 is 0. The van der Waals surface area contributed by atoms with E-state index < -0.39 is 11.7 Å². The van der Waals surface area contributed by atoms with E-state index in [9.17, 15) is 14.0 Å². The molecular formula is C17H29FN4O3. The number of aliphatic hydroxyl groups excluding tert-OH is 1. The van der Waals surface area contributed by atoms with E-state index in [0.717, 1.165) is 39.3 Å². The van der Waals surface area contributed by atoms with Crippen molar-refractivity contribution in [3.8, 4) is 0 Å². The Bertz CT molecular complexity index is 482. The van der Waals surface area contributed by atoms with E-state index in [4.69, 9.17) is 5.11 Å². The summed E-state index contributed by atoms with van der Waals surface area (Å²) in [6.45, 7) is 9.13. The molecule has 0 saturated carbocycles. The highest BCUT2D eigenvalue weighted by Crippen LogP contribution is 2.05. The molecule has 7 nitrogen and oxygen atoms in total. The molecule has 8 heteroatoms. The molecule has 2 saturated heterocycles.